The molecule has 0 spiro atoms. The summed E-state index contributed by atoms with van der Waals surface area (Å²) < 4.78 is 32.8. The molecule has 0 aromatic carbocycles. The maximum absolute atomic E-state index is 13.3. The average Bonchev–Trinajstić information content (AvgIpc) is 2.82. The van der Waals surface area contributed by atoms with Crippen LogP contribution in [0.5, 0.6) is 5.88 Å². The summed E-state index contributed by atoms with van der Waals surface area (Å²) in [5, 5.41) is 0. The van der Waals surface area contributed by atoms with Gasteiger partial charge in [0.05, 0.1) is 19.5 Å². The minimum atomic E-state index is -0.661. The number of halogens is 2. The standard InChI is InChI=1S/C12H8F2N4O/c1-19-12-8(14)4-16-11(17-12)9-5-15-10-3-2-7(13)6-18(9)10/h2-6H,1H3. The van der Waals surface area contributed by atoms with Gasteiger partial charge in [0.15, 0.2) is 5.82 Å². The molecule has 0 unspecified atom stereocenters. The number of rotatable bonds is 2. The minimum Gasteiger partial charge on any atom is -0.479 e. The number of imidazole rings is 1. The summed E-state index contributed by atoms with van der Waals surface area (Å²) in [5.74, 6) is -1.04. The van der Waals surface area contributed by atoms with E-state index in [1.807, 2.05) is 0 Å². The Kier molecular flexibility index (Phi) is 2.59. The first-order valence-corrected chi connectivity index (χ1v) is 5.38. The SMILES string of the molecule is COc1nc(-c2cnc3ccc(F)cn23)ncc1F. The number of ether oxygens (including phenoxy) is 1. The van der Waals surface area contributed by atoms with Gasteiger partial charge < -0.3 is 4.74 Å². The first-order chi connectivity index (χ1) is 9.19. The summed E-state index contributed by atoms with van der Waals surface area (Å²) in [7, 11) is 1.31. The topological polar surface area (TPSA) is 52.3 Å². The highest BCUT2D eigenvalue weighted by molar-refractivity contribution is 5.57. The highest BCUT2D eigenvalue weighted by atomic mass is 19.1. The summed E-state index contributed by atoms with van der Waals surface area (Å²) in [5.41, 5.74) is 0.996. The third-order valence-electron chi connectivity index (χ3n) is 2.60. The van der Waals surface area contributed by atoms with E-state index in [1.54, 1.807) is 0 Å². The molecule has 0 aliphatic heterocycles. The molecule has 96 valence electrons. The number of methoxy groups -OCH3 is 1. The second-order valence-corrected chi connectivity index (χ2v) is 3.77. The summed E-state index contributed by atoms with van der Waals surface area (Å²) in [6.45, 7) is 0. The molecular weight excluding hydrogens is 254 g/mol. The Labute approximate surface area is 106 Å². The zero-order chi connectivity index (χ0) is 13.4. The van der Waals surface area contributed by atoms with Crippen LogP contribution in [0.25, 0.3) is 17.2 Å². The van der Waals surface area contributed by atoms with Crippen molar-refractivity contribution in [3.8, 4) is 17.4 Å². The fraction of sp³-hybridized carbons (Fsp3) is 0.0833. The van der Waals surface area contributed by atoms with E-state index in [2.05, 4.69) is 15.0 Å². The predicted molar refractivity (Wildman–Crippen MR) is 62.7 cm³/mol. The molecular formula is C12H8F2N4O. The third-order valence-corrected chi connectivity index (χ3v) is 2.60. The number of nitrogens with zero attached hydrogens (tertiary/aromatic N) is 4. The maximum atomic E-state index is 13.3. The van der Waals surface area contributed by atoms with Crippen molar-refractivity contribution in [1.82, 2.24) is 19.4 Å². The molecule has 7 heteroatoms. The molecule has 3 aromatic rings. The highest BCUT2D eigenvalue weighted by Gasteiger charge is 2.13. The van der Waals surface area contributed by atoms with Crippen LogP contribution in [0, 0.1) is 11.6 Å². The van der Waals surface area contributed by atoms with E-state index in [-0.39, 0.29) is 11.7 Å². The quantitative estimate of drug-likeness (QED) is 0.709. The minimum absolute atomic E-state index is 0.170. The van der Waals surface area contributed by atoms with E-state index in [0.717, 1.165) is 6.20 Å². The maximum Gasteiger partial charge on any atom is 0.253 e. The van der Waals surface area contributed by atoms with Crippen LogP contribution < -0.4 is 4.74 Å². The van der Waals surface area contributed by atoms with Crippen molar-refractivity contribution in [2.45, 2.75) is 0 Å². The lowest BCUT2D eigenvalue weighted by Crippen LogP contribution is -1.99. The van der Waals surface area contributed by atoms with Crippen molar-refractivity contribution in [2.24, 2.45) is 0 Å². The smallest absolute Gasteiger partial charge is 0.253 e. The van der Waals surface area contributed by atoms with Gasteiger partial charge in [0.2, 0.25) is 5.82 Å². The second kappa shape index (κ2) is 4.27. The highest BCUT2D eigenvalue weighted by Crippen LogP contribution is 2.21. The summed E-state index contributed by atoms with van der Waals surface area (Å²) >= 11 is 0. The van der Waals surface area contributed by atoms with Crippen molar-refractivity contribution in [2.75, 3.05) is 7.11 Å². The molecule has 3 aromatic heterocycles. The summed E-state index contributed by atoms with van der Waals surface area (Å²) in [6, 6.07) is 2.83. The molecule has 19 heavy (non-hydrogen) atoms. The molecule has 3 rings (SSSR count). The average molecular weight is 262 g/mol. The van der Waals surface area contributed by atoms with Gasteiger partial charge in [-0.05, 0) is 12.1 Å². The van der Waals surface area contributed by atoms with Gasteiger partial charge in [-0.2, -0.15) is 9.37 Å². The van der Waals surface area contributed by atoms with E-state index in [9.17, 15) is 8.78 Å². The van der Waals surface area contributed by atoms with Gasteiger partial charge in [-0.3, -0.25) is 4.40 Å². The zero-order valence-electron chi connectivity index (χ0n) is 9.84. The largest absolute Gasteiger partial charge is 0.479 e. The molecule has 3 heterocycles. The summed E-state index contributed by atoms with van der Waals surface area (Å²) in [4.78, 5) is 11.9. The van der Waals surface area contributed by atoms with Crippen molar-refractivity contribution in [3.05, 3.63) is 42.4 Å². The van der Waals surface area contributed by atoms with E-state index >= 15 is 0 Å². The predicted octanol–water partition coefficient (Wildman–Crippen LogP) is 2.08. The van der Waals surface area contributed by atoms with Crippen LogP contribution in [0.2, 0.25) is 0 Å². The lowest BCUT2D eigenvalue weighted by molar-refractivity contribution is 0.367. The molecule has 0 bridgehead atoms. The van der Waals surface area contributed by atoms with Crippen molar-refractivity contribution < 1.29 is 13.5 Å². The van der Waals surface area contributed by atoms with Gasteiger partial charge in [-0.1, -0.05) is 0 Å². The van der Waals surface area contributed by atoms with Crippen LogP contribution in [0.4, 0.5) is 8.78 Å². The monoisotopic (exact) mass is 262 g/mol. The van der Waals surface area contributed by atoms with Gasteiger partial charge in [0, 0.05) is 6.20 Å². The Morgan fingerprint density at radius 3 is 2.79 bits per heavy atom. The number of hydrogen-bond acceptors (Lipinski definition) is 4. The van der Waals surface area contributed by atoms with Crippen LogP contribution in [0.3, 0.4) is 0 Å². The van der Waals surface area contributed by atoms with Crippen LogP contribution in [-0.4, -0.2) is 26.5 Å². The van der Waals surface area contributed by atoms with Gasteiger partial charge >= 0.3 is 0 Å². The third kappa shape index (κ3) is 1.88. The second-order valence-electron chi connectivity index (χ2n) is 3.77. The molecule has 0 aliphatic rings. The van der Waals surface area contributed by atoms with E-state index in [4.69, 9.17) is 4.74 Å². The molecule has 5 nitrogen and oxygen atoms in total. The first kappa shape index (κ1) is 11.5. The van der Waals surface area contributed by atoms with E-state index in [1.165, 1.54) is 36.0 Å². The Bertz CT molecular complexity index is 757. The number of pyridine rings is 1. The van der Waals surface area contributed by atoms with Gasteiger partial charge in [-0.25, -0.2) is 14.4 Å². The fourth-order valence-electron chi connectivity index (χ4n) is 1.74. The molecule has 0 fully saturated rings. The number of fused-ring (bicyclic) bond motifs is 1. The lowest BCUT2D eigenvalue weighted by atomic mass is 10.4. The van der Waals surface area contributed by atoms with Crippen LogP contribution in [0.15, 0.2) is 30.7 Å². The molecule has 0 radical (unpaired) electrons. The number of hydrogen-bond donors (Lipinski definition) is 0. The first-order valence-electron chi connectivity index (χ1n) is 5.38. The van der Waals surface area contributed by atoms with Gasteiger partial charge in [-0.15, -0.1) is 0 Å². The van der Waals surface area contributed by atoms with Gasteiger partial charge in [0.25, 0.3) is 5.88 Å². The lowest BCUT2D eigenvalue weighted by Gasteiger charge is -2.03. The Morgan fingerprint density at radius 2 is 2.00 bits per heavy atom. The van der Waals surface area contributed by atoms with Crippen molar-refractivity contribution >= 4 is 5.65 Å². The van der Waals surface area contributed by atoms with Crippen LogP contribution in [-0.2, 0) is 0 Å². The van der Waals surface area contributed by atoms with Crippen LogP contribution in [0.1, 0.15) is 0 Å². The van der Waals surface area contributed by atoms with Crippen molar-refractivity contribution in [1.29, 1.82) is 0 Å². The molecule has 0 saturated heterocycles. The summed E-state index contributed by atoms with van der Waals surface area (Å²) in [6.07, 6.45) is 3.75. The Hall–Kier alpha value is -2.57. The Balaban J connectivity index is 2.21. The molecule has 0 N–H and O–H groups in total. The van der Waals surface area contributed by atoms with E-state index < -0.39 is 11.6 Å². The molecule has 0 amide bonds. The molecule has 0 aliphatic carbocycles. The van der Waals surface area contributed by atoms with E-state index in [0.29, 0.717) is 11.3 Å². The number of aromatic nitrogens is 4. The Morgan fingerprint density at radius 1 is 1.16 bits per heavy atom. The normalized spacial score (nSPS) is 10.9. The van der Waals surface area contributed by atoms with Crippen LogP contribution >= 0.6 is 0 Å². The van der Waals surface area contributed by atoms with Crippen molar-refractivity contribution in [3.63, 3.8) is 0 Å². The van der Waals surface area contributed by atoms with Gasteiger partial charge in [0.1, 0.15) is 17.2 Å². The fourth-order valence-corrected chi connectivity index (χ4v) is 1.74. The molecule has 0 atom stereocenters. The zero-order valence-corrected chi connectivity index (χ0v) is 9.84. The molecule has 0 saturated carbocycles.